The standard InChI is InChI=1S/C26H21ClN4O2/c1-17-14-23(20-6-2-4-8-22(20)28-17)29-25(32)16-33-26-21-7-3-5-9-24(21)31(30-26)15-18-10-12-19(27)13-11-18/h2-14H,15-16H2,1H3,(H,28,29,32). The van der Waals surface area contributed by atoms with Crippen LogP contribution in [0.15, 0.2) is 78.9 Å². The maximum absolute atomic E-state index is 12.7. The third-order valence-corrected chi connectivity index (χ3v) is 5.58. The van der Waals surface area contributed by atoms with Gasteiger partial charge in [-0.1, -0.05) is 54.1 Å². The van der Waals surface area contributed by atoms with E-state index in [2.05, 4.69) is 15.4 Å². The van der Waals surface area contributed by atoms with Crippen molar-refractivity contribution in [3.05, 3.63) is 95.1 Å². The Kier molecular flexibility index (Phi) is 5.67. The number of nitrogens with zero attached hydrogens (tertiary/aromatic N) is 3. The van der Waals surface area contributed by atoms with Gasteiger partial charge in [0.25, 0.3) is 5.91 Å². The molecule has 7 heteroatoms. The highest BCUT2D eigenvalue weighted by Crippen LogP contribution is 2.26. The van der Waals surface area contributed by atoms with Gasteiger partial charge in [0, 0.05) is 16.1 Å². The summed E-state index contributed by atoms with van der Waals surface area (Å²) in [6, 6.07) is 25.0. The minimum atomic E-state index is -0.262. The first-order valence-electron chi connectivity index (χ1n) is 10.6. The van der Waals surface area contributed by atoms with Crippen molar-refractivity contribution in [1.29, 1.82) is 0 Å². The number of pyridine rings is 1. The van der Waals surface area contributed by atoms with E-state index >= 15 is 0 Å². The average molecular weight is 457 g/mol. The summed E-state index contributed by atoms with van der Waals surface area (Å²) in [7, 11) is 0. The van der Waals surface area contributed by atoms with E-state index in [0.29, 0.717) is 23.1 Å². The van der Waals surface area contributed by atoms with Crippen molar-refractivity contribution in [1.82, 2.24) is 14.8 Å². The Labute approximate surface area is 195 Å². The average Bonchev–Trinajstić information content (AvgIpc) is 3.16. The molecule has 0 aliphatic rings. The molecule has 1 N–H and O–H groups in total. The van der Waals surface area contributed by atoms with E-state index in [-0.39, 0.29) is 12.5 Å². The number of hydrogen-bond donors (Lipinski definition) is 1. The van der Waals surface area contributed by atoms with Crippen LogP contribution in [-0.4, -0.2) is 27.3 Å². The smallest absolute Gasteiger partial charge is 0.262 e. The molecule has 5 aromatic rings. The molecule has 0 atom stereocenters. The number of ether oxygens (including phenoxy) is 1. The van der Waals surface area contributed by atoms with E-state index in [4.69, 9.17) is 16.3 Å². The first kappa shape index (κ1) is 21.0. The maximum atomic E-state index is 12.7. The number of amides is 1. The lowest BCUT2D eigenvalue weighted by Gasteiger charge is -2.10. The first-order chi connectivity index (χ1) is 16.1. The molecule has 0 unspecified atom stereocenters. The van der Waals surface area contributed by atoms with Crippen LogP contribution in [0, 0.1) is 6.92 Å². The number of hydrogen-bond acceptors (Lipinski definition) is 4. The highest BCUT2D eigenvalue weighted by molar-refractivity contribution is 6.30. The molecule has 1 amide bonds. The number of benzene rings is 3. The van der Waals surface area contributed by atoms with Crippen molar-refractivity contribution >= 4 is 45.0 Å². The Morgan fingerprint density at radius 1 is 1.00 bits per heavy atom. The van der Waals surface area contributed by atoms with E-state index in [0.717, 1.165) is 33.1 Å². The molecule has 2 aromatic heterocycles. The number of para-hydroxylation sites is 2. The minimum Gasteiger partial charge on any atom is -0.466 e. The molecule has 0 saturated heterocycles. The molecular formula is C26H21ClN4O2. The van der Waals surface area contributed by atoms with Crippen molar-refractivity contribution in [2.75, 3.05) is 11.9 Å². The lowest BCUT2D eigenvalue weighted by molar-refractivity contribution is -0.118. The van der Waals surface area contributed by atoms with Crippen molar-refractivity contribution in [3.8, 4) is 5.88 Å². The van der Waals surface area contributed by atoms with Crippen LogP contribution in [0.5, 0.6) is 5.88 Å². The van der Waals surface area contributed by atoms with Gasteiger partial charge in [0.2, 0.25) is 5.88 Å². The predicted molar refractivity (Wildman–Crippen MR) is 131 cm³/mol. The van der Waals surface area contributed by atoms with Crippen molar-refractivity contribution < 1.29 is 9.53 Å². The fraction of sp³-hybridized carbons (Fsp3) is 0.115. The number of aryl methyl sites for hydroxylation is 1. The molecule has 2 heterocycles. The quantitative estimate of drug-likeness (QED) is 0.360. The van der Waals surface area contributed by atoms with E-state index in [1.54, 1.807) is 0 Å². The van der Waals surface area contributed by atoms with Gasteiger partial charge in [-0.3, -0.25) is 14.5 Å². The van der Waals surface area contributed by atoms with Crippen LogP contribution in [-0.2, 0) is 11.3 Å². The lowest BCUT2D eigenvalue weighted by atomic mass is 10.1. The summed E-state index contributed by atoms with van der Waals surface area (Å²) in [6.45, 7) is 2.31. The Morgan fingerprint density at radius 3 is 2.55 bits per heavy atom. The largest absolute Gasteiger partial charge is 0.466 e. The number of carbonyl (C=O) groups excluding carboxylic acids is 1. The number of nitrogens with one attached hydrogen (secondary N) is 1. The van der Waals surface area contributed by atoms with E-state index in [1.807, 2.05) is 90.5 Å². The predicted octanol–water partition coefficient (Wildman–Crippen LogP) is 5.61. The number of aromatic nitrogens is 3. The monoisotopic (exact) mass is 456 g/mol. The van der Waals surface area contributed by atoms with Crippen LogP contribution >= 0.6 is 11.6 Å². The summed E-state index contributed by atoms with van der Waals surface area (Å²) in [5.41, 5.74) is 4.37. The zero-order chi connectivity index (χ0) is 22.8. The summed E-state index contributed by atoms with van der Waals surface area (Å²) in [4.78, 5) is 17.2. The number of halogens is 1. The van der Waals surface area contributed by atoms with Crippen LogP contribution < -0.4 is 10.1 Å². The van der Waals surface area contributed by atoms with Gasteiger partial charge in [-0.2, -0.15) is 0 Å². The molecule has 0 radical (unpaired) electrons. The molecule has 0 fully saturated rings. The van der Waals surface area contributed by atoms with Gasteiger partial charge in [-0.15, -0.1) is 5.10 Å². The Hall–Kier alpha value is -3.90. The molecule has 164 valence electrons. The molecule has 3 aromatic carbocycles. The molecule has 0 bridgehead atoms. The van der Waals surface area contributed by atoms with Gasteiger partial charge in [0.1, 0.15) is 0 Å². The maximum Gasteiger partial charge on any atom is 0.262 e. The molecule has 6 nitrogen and oxygen atoms in total. The topological polar surface area (TPSA) is 69.0 Å². The summed E-state index contributed by atoms with van der Waals surface area (Å²) in [5.74, 6) is 0.160. The first-order valence-corrected chi connectivity index (χ1v) is 10.9. The summed E-state index contributed by atoms with van der Waals surface area (Å²) in [5, 5.41) is 9.99. The molecule has 5 rings (SSSR count). The molecular weight excluding hydrogens is 436 g/mol. The van der Waals surface area contributed by atoms with Gasteiger partial charge >= 0.3 is 0 Å². The molecule has 0 aliphatic carbocycles. The van der Waals surface area contributed by atoms with Crippen LogP contribution in [0.4, 0.5) is 5.69 Å². The van der Waals surface area contributed by atoms with Gasteiger partial charge in [-0.05, 0) is 48.9 Å². The SMILES string of the molecule is Cc1cc(NC(=O)COc2nn(Cc3ccc(Cl)cc3)c3ccccc23)c2ccccc2n1. The van der Waals surface area contributed by atoms with E-state index in [9.17, 15) is 4.79 Å². The molecule has 0 spiro atoms. The Morgan fingerprint density at radius 2 is 1.73 bits per heavy atom. The van der Waals surface area contributed by atoms with Gasteiger partial charge in [-0.25, -0.2) is 0 Å². The molecule has 33 heavy (non-hydrogen) atoms. The van der Waals surface area contributed by atoms with Crippen LogP contribution in [0.3, 0.4) is 0 Å². The number of fused-ring (bicyclic) bond motifs is 2. The van der Waals surface area contributed by atoms with Gasteiger partial charge in [0.15, 0.2) is 6.61 Å². The van der Waals surface area contributed by atoms with Crippen LogP contribution in [0.1, 0.15) is 11.3 Å². The second-order valence-corrected chi connectivity index (χ2v) is 8.21. The van der Waals surface area contributed by atoms with Crippen LogP contribution in [0.2, 0.25) is 5.02 Å². The fourth-order valence-corrected chi connectivity index (χ4v) is 3.94. The number of rotatable bonds is 6. The summed E-state index contributed by atoms with van der Waals surface area (Å²) >= 11 is 6.00. The molecule has 0 aliphatic heterocycles. The number of anilines is 1. The van der Waals surface area contributed by atoms with E-state index in [1.165, 1.54) is 0 Å². The summed E-state index contributed by atoms with van der Waals surface area (Å²) < 4.78 is 7.72. The third-order valence-electron chi connectivity index (χ3n) is 5.33. The summed E-state index contributed by atoms with van der Waals surface area (Å²) in [6.07, 6.45) is 0. The van der Waals surface area contributed by atoms with Crippen molar-refractivity contribution in [3.63, 3.8) is 0 Å². The van der Waals surface area contributed by atoms with E-state index < -0.39 is 0 Å². The number of carbonyl (C=O) groups is 1. The third kappa shape index (κ3) is 4.52. The minimum absolute atomic E-state index is 0.155. The van der Waals surface area contributed by atoms with Gasteiger partial charge < -0.3 is 10.1 Å². The second-order valence-electron chi connectivity index (χ2n) is 7.77. The van der Waals surface area contributed by atoms with Crippen molar-refractivity contribution in [2.24, 2.45) is 0 Å². The fourth-order valence-electron chi connectivity index (χ4n) is 3.82. The molecule has 0 saturated carbocycles. The normalized spacial score (nSPS) is 11.1. The zero-order valence-electron chi connectivity index (χ0n) is 18.0. The Bertz CT molecular complexity index is 1460. The Balaban J connectivity index is 1.35. The van der Waals surface area contributed by atoms with Gasteiger partial charge in [0.05, 0.1) is 28.7 Å². The highest BCUT2D eigenvalue weighted by atomic mass is 35.5. The lowest BCUT2D eigenvalue weighted by Crippen LogP contribution is -2.20. The zero-order valence-corrected chi connectivity index (χ0v) is 18.7. The second kappa shape index (κ2) is 8.92. The highest BCUT2D eigenvalue weighted by Gasteiger charge is 2.14. The van der Waals surface area contributed by atoms with Crippen molar-refractivity contribution in [2.45, 2.75) is 13.5 Å². The van der Waals surface area contributed by atoms with Crippen LogP contribution in [0.25, 0.3) is 21.8 Å².